The van der Waals surface area contributed by atoms with Crippen LogP contribution in [0.4, 0.5) is 4.39 Å². The van der Waals surface area contributed by atoms with E-state index in [4.69, 9.17) is 11.6 Å². The monoisotopic (exact) mass is 283 g/mol. The van der Waals surface area contributed by atoms with E-state index in [1.165, 1.54) is 0 Å². The Kier molecular flexibility index (Phi) is 4.22. The Hall–Kier alpha value is -0.600. The first kappa shape index (κ1) is 14.8. The molecule has 0 heterocycles. The molecule has 1 saturated carbocycles. The molecule has 0 unspecified atom stereocenters. The Morgan fingerprint density at radius 2 is 1.89 bits per heavy atom. The number of hydrogen-bond donors (Lipinski definition) is 1. The molecule has 0 aromatic heterocycles. The maximum absolute atomic E-state index is 14.3. The molecule has 1 N–H and O–H groups in total. The lowest BCUT2D eigenvalue weighted by molar-refractivity contribution is 0.0119. The van der Waals surface area contributed by atoms with Crippen LogP contribution < -0.4 is 5.32 Å². The Morgan fingerprint density at radius 3 is 2.42 bits per heavy atom. The molecule has 1 aromatic rings. The number of benzene rings is 1. The third-order valence-corrected chi connectivity index (χ3v) is 5.26. The van der Waals surface area contributed by atoms with Crippen molar-refractivity contribution in [3.63, 3.8) is 0 Å². The van der Waals surface area contributed by atoms with Gasteiger partial charge < -0.3 is 5.32 Å². The maximum atomic E-state index is 14.3. The molecule has 1 nitrogen and oxygen atoms in total. The zero-order chi connectivity index (χ0) is 14.1. The molecular formula is C16H23ClFN. The summed E-state index contributed by atoms with van der Waals surface area (Å²) in [6.07, 6.45) is 4.42. The minimum absolute atomic E-state index is 0.0875. The van der Waals surface area contributed by atoms with E-state index in [1.807, 2.05) is 19.2 Å². The molecule has 19 heavy (non-hydrogen) atoms. The first-order valence-electron chi connectivity index (χ1n) is 7.11. The Bertz CT molecular complexity index is 446. The molecule has 0 bridgehead atoms. The van der Waals surface area contributed by atoms with Gasteiger partial charge in [0.25, 0.3) is 0 Å². The number of hydrogen-bond acceptors (Lipinski definition) is 1. The van der Waals surface area contributed by atoms with Crippen LogP contribution in [0.1, 0.15) is 45.1 Å². The lowest BCUT2D eigenvalue weighted by atomic mass is 9.48. The predicted molar refractivity (Wildman–Crippen MR) is 79.3 cm³/mol. The summed E-state index contributed by atoms with van der Waals surface area (Å²) in [6, 6.07) is 5.38. The zero-order valence-electron chi connectivity index (χ0n) is 12.0. The first-order chi connectivity index (χ1) is 9.02. The van der Waals surface area contributed by atoms with E-state index < -0.39 is 0 Å². The van der Waals surface area contributed by atoms with Gasteiger partial charge in [-0.3, -0.25) is 0 Å². The van der Waals surface area contributed by atoms with Crippen LogP contribution in [0.25, 0.3) is 0 Å². The van der Waals surface area contributed by atoms with Crippen LogP contribution in [0, 0.1) is 11.2 Å². The summed E-state index contributed by atoms with van der Waals surface area (Å²) in [5, 5.41) is 3.47. The van der Waals surface area contributed by atoms with Crippen molar-refractivity contribution >= 4 is 11.6 Å². The molecule has 0 radical (unpaired) electrons. The number of rotatable bonds is 5. The van der Waals surface area contributed by atoms with Gasteiger partial charge in [-0.15, -0.1) is 0 Å². The summed E-state index contributed by atoms with van der Waals surface area (Å²) in [5.41, 5.74) is 1.08. The van der Waals surface area contributed by atoms with Crippen LogP contribution in [0.15, 0.2) is 18.2 Å². The summed E-state index contributed by atoms with van der Waals surface area (Å²) >= 11 is 5.94. The molecule has 0 aliphatic heterocycles. The van der Waals surface area contributed by atoms with Crippen molar-refractivity contribution in [2.45, 2.75) is 44.9 Å². The second kappa shape index (κ2) is 5.41. The summed E-state index contributed by atoms with van der Waals surface area (Å²) in [7, 11) is 1.93. The highest BCUT2D eigenvalue weighted by Crippen LogP contribution is 2.59. The van der Waals surface area contributed by atoms with E-state index in [9.17, 15) is 4.39 Å². The Labute approximate surface area is 120 Å². The van der Waals surface area contributed by atoms with Gasteiger partial charge >= 0.3 is 0 Å². The van der Waals surface area contributed by atoms with Crippen molar-refractivity contribution in [2.75, 3.05) is 13.6 Å². The second-order valence-electron chi connectivity index (χ2n) is 5.97. The smallest absolute Gasteiger partial charge is 0.145 e. The molecule has 1 aliphatic rings. The highest BCUT2D eigenvalue weighted by atomic mass is 35.5. The van der Waals surface area contributed by atoms with Crippen LogP contribution in [0.3, 0.4) is 0 Å². The van der Waals surface area contributed by atoms with Gasteiger partial charge in [0, 0.05) is 12.0 Å². The molecule has 0 saturated heterocycles. The van der Waals surface area contributed by atoms with Gasteiger partial charge in [0.1, 0.15) is 5.82 Å². The molecule has 3 heteroatoms. The fraction of sp³-hybridized carbons (Fsp3) is 0.625. The Balaban J connectivity index is 2.35. The summed E-state index contributed by atoms with van der Waals surface area (Å²) in [5.74, 6) is -0.236. The van der Waals surface area contributed by atoms with Gasteiger partial charge in [0.15, 0.2) is 0 Å². The molecule has 0 amide bonds. The fourth-order valence-corrected chi connectivity index (χ4v) is 3.97. The first-order valence-corrected chi connectivity index (χ1v) is 7.49. The van der Waals surface area contributed by atoms with Crippen LogP contribution in [-0.2, 0) is 5.41 Å². The average molecular weight is 284 g/mol. The van der Waals surface area contributed by atoms with E-state index in [2.05, 4.69) is 19.2 Å². The van der Waals surface area contributed by atoms with Gasteiger partial charge in [-0.1, -0.05) is 50.4 Å². The van der Waals surface area contributed by atoms with Crippen molar-refractivity contribution in [3.8, 4) is 0 Å². The highest BCUT2D eigenvalue weighted by Gasteiger charge is 2.53. The normalized spacial score (nSPS) is 20.1. The van der Waals surface area contributed by atoms with Gasteiger partial charge in [-0.25, -0.2) is 4.39 Å². The minimum Gasteiger partial charge on any atom is -0.319 e. The molecule has 0 atom stereocenters. The third kappa shape index (κ3) is 2.41. The summed E-state index contributed by atoms with van der Waals surface area (Å²) < 4.78 is 14.3. The van der Waals surface area contributed by atoms with E-state index >= 15 is 0 Å². The SMILES string of the molecule is CCC1(CC)CC(CNC)(c2cccc(Cl)c2F)C1. The van der Waals surface area contributed by atoms with Crippen LogP contribution >= 0.6 is 11.6 Å². The van der Waals surface area contributed by atoms with Crippen LogP contribution in [0.2, 0.25) is 5.02 Å². The third-order valence-electron chi connectivity index (χ3n) is 4.96. The van der Waals surface area contributed by atoms with E-state index in [-0.39, 0.29) is 16.3 Å². The summed E-state index contributed by atoms with van der Waals surface area (Å²) in [4.78, 5) is 0. The fourth-order valence-electron chi connectivity index (χ4n) is 3.80. The van der Waals surface area contributed by atoms with Crippen molar-refractivity contribution in [1.82, 2.24) is 5.32 Å². The van der Waals surface area contributed by atoms with Crippen molar-refractivity contribution in [3.05, 3.63) is 34.6 Å². The largest absolute Gasteiger partial charge is 0.319 e. The van der Waals surface area contributed by atoms with Gasteiger partial charge in [-0.05, 0) is 36.9 Å². The molecule has 106 valence electrons. The minimum atomic E-state index is -0.236. The number of nitrogens with one attached hydrogen (secondary N) is 1. The van der Waals surface area contributed by atoms with Crippen molar-refractivity contribution < 1.29 is 4.39 Å². The van der Waals surface area contributed by atoms with Gasteiger partial charge in [0.2, 0.25) is 0 Å². The van der Waals surface area contributed by atoms with Gasteiger partial charge in [-0.2, -0.15) is 0 Å². The van der Waals surface area contributed by atoms with Gasteiger partial charge in [0.05, 0.1) is 5.02 Å². The Morgan fingerprint density at radius 1 is 1.26 bits per heavy atom. The maximum Gasteiger partial charge on any atom is 0.145 e. The highest BCUT2D eigenvalue weighted by molar-refractivity contribution is 6.30. The van der Waals surface area contributed by atoms with Crippen LogP contribution in [-0.4, -0.2) is 13.6 Å². The number of likely N-dealkylation sites (N-methyl/N-ethyl adjacent to an activating group) is 1. The standard InChI is InChI=1S/C16H23ClFN/c1-4-15(5-2)9-16(10-15,11-19-3)12-7-6-8-13(17)14(12)18/h6-8,19H,4-5,9-11H2,1-3H3. The number of halogens is 2. The summed E-state index contributed by atoms with van der Waals surface area (Å²) in [6.45, 7) is 5.29. The molecule has 2 rings (SSSR count). The predicted octanol–water partition coefficient (Wildman–Crippen LogP) is 4.54. The average Bonchev–Trinajstić information content (AvgIpc) is 2.37. The van der Waals surface area contributed by atoms with Crippen molar-refractivity contribution in [1.29, 1.82) is 0 Å². The lowest BCUT2D eigenvalue weighted by Crippen LogP contribution is -2.54. The van der Waals surface area contributed by atoms with Crippen LogP contribution in [0.5, 0.6) is 0 Å². The zero-order valence-corrected chi connectivity index (χ0v) is 12.8. The topological polar surface area (TPSA) is 12.0 Å². The molecule has 1 aliphatic carbocycles. The van der Waals surface area contributed by atoms with E-state index in [0.717, 1.165) is 37.8 Å². The van der Waals surface area contributed by atoms with E-state index in [0.29, 0.717) is 5.41 Å². The molecule has 1 aromatic carbocycles. The molecule has 1 fully saturated rings. The molecule has 0 spiro atoms. The van der Waals surface area contributed by atoms with E-state index in [1.54, 1.807) is 6.07 Å². The van der Waals surface area contributed by atoms with Crippen molar-refractivity contribution in [2.24, 2.45) is 5.41 Å². The lowest BCUT2D eigenvalue weighted by Gasteiger charge is -2.57. The quantitative estimate of drug-likeness (QED) is 0.837. The second-order valence-corrected chi connectivity index (χ2v) is 6.38. The molecular weight excluding hydrogens is 261 g/mol.